The van der Waals surface area contributed by atoms with Crippen LogP contribution >= 0.6 is 11.3 Å². The van der Waals surface area contributed by atoms with Gasteiger partial charge in [-0.15, -0.1) is 11.3 Å². The zero-order valence-corrected chi connectivity index (χ0v) is 13.6. The highest BCUT2D eigenvalue weighted by molar-refractivity contribution is 7.22. The molecule has 1 unspecified atom stereocenters. The molecule has 0 amide bonds. The van der Waals surface area contributed by atoms with Gasteiger partial charge in [0.05, 0.1) is 20.8 Å². The summed E-state index contributed by atoms with van der Waals surface area (Å²) in [6, 6.07) is 5.95. The number of rotatable bonds is 3. The van der Waals surface area contributed by atoms with Crippen LogP contribution in [0.3, 0.4) is 0 Å². The number of hydrogen-bond donors (Lipinski definition) is 1. The van der Waals surface area contributed by atoms with Crippen molar-refractivity contribution in [3.63, 3.8) is 0 Å². The second kappa shape index (κ2) is 5.79. The molecule has 6 heteroatoms. The van der Waals surface area contributed by atoms with Crippen molar-refractivity contribution in [1.29, 1.82) is 0 Å². The van der Waals surface area contributed by atoms with Crippen molar-refractivity contribution in [3.8, 4) is 10.6 Å². The predicted octanol–water partition coefficient (Wildman–Crippen LogP) is 4.08. The van der Waals surface area contributed by atoms with Gasteiger partial charge >= 0.3 is 0 Å². The van der Waals surface area contributed by atoms with Crippen molar-refractivity contribution >= 4 is 33.4 Å². The van der Waals surface area contributed by atoms with Crippen molar-refractivity contribution in [2.75, 3.05) is 12.3 Å². The lowest BCUT2D eigenvalue weighted by Crippen LogP contribution is -2.19. The summed E-state index contributed by atoms with van der Waals surface area (Å²) in [7, 11) is 0. The summed E-state index contributed by atoms with van der Waals surface area (Å²) in [5, 5.41) is 4.48. The Labute approximate surface area is 138 Å². The number of pyridine rings is 1. The van der Waals surface area contributed by atoms with Crippen LogP contribution in [0.2, 0.25) is 0 Å². The Bertz CT molecular complexity index is 861. The summed E-state index contributed by atoms with van der Waals surface area (Å²) in [6.07, 6.45) is 6.98. The summed E-state index contributed by atoms with van der Waals surface area (Å²) in [6.45, 7) is 4.67. The third-order valence-electron chi connectivity index (χ3n) is 4.10. The van der Waals surface area contributed by atoms with Crippen LogP contribution in [0.1, 0.15) is 31.1 Å². The molecule has 2 N–H and O–H groups in total. The van der Waals surface area contributed by atoms with Crippen LogP contribution < -0.4 is 5.73 Å². The molecule has 3 aromatic heterocycles. The topological polar surface area (TPSA) is 66.0 Å². The van der Waals surface area contributed by atoms with E-state index in [1.54, 1.807) is 11.3 Å². The lowest BCUT2D eigenvalue weighted by atomic mass is 10.2. The average Bonchev–Trinajstić information content (AvgIpc) is 3.21. The summed E-state index contributed by atoms with van der Waals surface area (Å²) < 4.78 is 8.96. The molecule has 5 nitrogen and oxygen atoms in total. The Morgan fingerprint density at radius 1 is 1.39 bits per heavy atom. The lowest BCUT2D eigenvalue weighted by Gasteiger charge is -2.24. The first-order chi connectivity index (χ1) is 11.3. The number of hydrogen-bond acceptors (Lipinski definition) is 5. The first-order valence-corrected chi connectivity index (χ1v) is 8.56. The molecule has 1 aliphatic rings. The molecule has 0 saturated carbocycles. The molecule has 0 radical (unpaired) electrons. The normalized spacial score (nSPS) is 18.3. The van der Waals surface area contributed by atoms with Gasteiger partial charge in [0.15, 0.2) is 6.23 Å². The van der Waals surface area contributed by atoms with Crippen LogP contribution in [0, 0.1) is 0 Å². The highest BCUT2D eigenvalue weighted by Gasteiger charge is 2.21. The van der Waals surface area contributed by atoms with Gasteiger partial charge in [-0.05, 0) is 43.0 Å². The molecule has 1 fully saturated rings. The largest absolute Gasteiger partial charge is 0.384 e. The summed E-state index contributed by atoms with van der Waals surface area (Å²) in [4.78, 5) is 5.55. The van der Waals surface area contributed by atoms with Gasteiger partial charge in [0, 0.05) is 12.8 Å². The standard InChI is InChI=1S/C17H18N4OS/c1-2-11-9-15(18)20-12-10-14(23-17(11)12)13-6-7-19-21(13)16-5-3-4-8-22-16/h2,6-7,9-10,16H,1,3-5,8H2,(H2,18,20). The molecule has 4 rings (SSSR count). The molecule has 0 aromatic carbocycles. The Balaban J connectivity index is 1.81. The van der Waals surface area contributed by atoms with Gasteiger partial charge in [0.2, 0.25) is 0 Å². The van der Waals surface area contributed by atoms with Crippen LogP contribution in [0.15, 0.2) is 31.0 Å². The van der Waals surface area contributed by atoms with Crippen LogP contribution in [0.4, 0.5) is 5.82 Å². The molecule has 0 bridgehead atoms. The number of nitrogen functional groups attached to an aromatic ring is 1. The fraction of sp³-hybridized carbons (Fsp3) is 0.294. The third-order valence-corrected chi connectivity index (χ3v) is 5.29. The van der Waals surface area contributed by atoms with E-state index in [0.29, 0.717) is 5.82 Å². The van der Waals surface area contributed by atoms with Gasteiger partial charge in [-0.1, -0.05) is 12.7 Å². The van der Waals surface area contributed by atoms with Gasteiger partial charge < -0.3 is 10.5 Å². The van der Waals surface area contributed by atoms with Gasteiger partial charge in [0.1, 0.15) is 5.82 Å². The summed E-state index contributed by atoms with van der Waals surface area (Å²) >= 11 is 1.69. The van der Waals surface area contributed by atoms with E-state index in [9.17, 15) is 0 Å². The minimum atomic E-state index is 0.0239. The Kier molecular flexibility index (Phi) is 3.63. The van der Waals surface area contributed by atoms with E-state index in [0.717, 1.165) is 45.8 Å². The van der Waals surface area contributed by atoms with E-state index < -0.39 is 0 Å². The molecule has 1 atom stereocenters. The number of thiophene rings is 1. The van der Waals surface area contributed by atoms with Gasteiger partial charge in [-0.25, -0.2) is 9.67 Å². The van der Waals surface area contributed by atoms with E-state index in [1.165, 1.54) is 6.42 Å². The molecule has 0 aliphatic carbocycles. The third kappa shape index (κ3) is 2.54. The van der Waals surface area contributed by atoms with E-state index >= 15 is 0 Å². The number of aromatic nitrogens is 3. The summed E-state index contributed by atoms with van der Waals surface area (Å²) in [5.41, 5.74) is 8.86. The first-order valence-electron chi connectivity index (χ1n) is 7.74. The number of ether oxygens (including phenoxy) is 1. The second-order valence-electron chi connectivity index (χ2n) is 5.65. The number of nitrogens with two attached hydrogens (primary N) is 1. The van der Waals surface area contributed by atoms with E-state index in [1.807, 2.05) is 29.1 Å². The molecule has 3 aromatic rings. The highest BCUT2D eigenvalue weighted by atomic mass is 32.1. The van der Waals surface area contributed by atoms with Crippen LogP contribution in [0.5, 0.6) is 0 Å². The first kappa shape index (κ1) is 14.4. The van der Waals surface area contributed by atoms with E-state index in [4.69, 9.17) is 10.5 Å². The maximum absolute atomic E-state index is 5.88. The average molecular weight is 326 g/mol. The zero-order valence-electron chi connectivity index (χ0n) is 12.7. The molecule has 118 valence electrons. The Hall–Kier alpha value is -2.18. The van der Waals surface area contributed by atoms with E-state index in [2.05, 4.69) is 22.7 Å². The van der Waals surface area contributed by atoms with Crippen molar-refractivity contribution < 1.29 is 4.74 Å². The smallest absolute Gasteiger partial charge is 0.150 e. The maximum Gasteiger partial charge on any atom is 0.150 e. The molecule has 1 saturated heterocycles. The predicted molar refractivity (Wildman–Crippen MR) is 94.2 cm³/mol. The minimum Gasteiger partial charge on any atom is -0.384 e. The number of nitrogens with zero attached hydrogens (tertiary/aromatic N) is 3. The quantitative estimate of drug-likeness (QED) is 0.787. The molecule has 23 heavy (non-hydrogen) atoms. The SMILES string of the molecule is C=Cc1cc(N)nc2cc(-c3ccnn3C3CCCCO3)sc12. The molecular weight excluding hydrogens is 308 g/mol. The maximum atomic E-state index is 5.88. The number of anilines is 1. The van der Waals surface area contributed by atoms with Gasteiger partial charge in [0.25, 0.3) is 0 Å². The lowest BCUT2D eigenvalue weighted by molar-refractivity contribution is -0.0383. The van der Waals surface area contributed by atoms with Gasteiger partial charge in [-0.2, -0.15) is 5.10 Å². The van der Waals surface area contributed by atoms with Crippen LogP contribution in [0.25, 0.3) is 26.9 Å². The van der Waals surface area contributed by atoms with Crippen LogP contribution in [-0.2, 0) is 4.74 Å². The van der Waals surface area contributed by atoms with Gasteiger partial charge in [-0.3, -0.25) is 0 Å². The van der Waals surface area contributed by atoms with Crippen molar-refractivity contribution in [3.05, 3.63) is 36.5 Å². The Morgan fingerprint density at radius 3 is 3.09 bits per heavy atom. The Morgan fingerprint density at radius 2 is 2.30 bits per heavy atom. The zero-order chi connectivity index (χ0) is 15.8. The monoisotopic (exact) mass is 326 g/mol. The molecular formula is C17H18N4OS. The summed E-state index contributed by atoms with van der Waals surface area (Å²) in [5.74, 6) is 0.515. The molecule has 4 heterocycles. The highest BCUT2D eigenvalue weighted by Crippen LogP contribution is 2.37. The van der Waals surface area contributed by atoms with Crippen LogP contribution in [-0.4, -0.2) is 21.4 Å². The molecule has 1 aliphatic heterocycles. The van der Waals surface area contributed by atoms with Crippen molar-refractivity contribution in [1.82, 2.24) is 14.8 Å². The second-order valence-corrected chi connectivity index (χ2v) is 6.70. The van der Waals surface area contributed by atoms with Crippen molar-refractivity contribution in [2.24, 2.45) is 0 Å². The minimum absolute atomic E-state index is 0.0239. The fourth-order valence-electron chi connectivity index (χ4n) is 3.00. The van der Waals surface area contributed by atoms with Crippen molar-refractivity contribution in [2.45, 2.75) is 25.5 Å². The van der Waals surface area contributed by atoms with E-state index in [-0.39, 0.29) is 6.23 Å². The fourth-order valence-corrected chi connectivity index (χ4v) is 4.13. The molecule has 0 spiro atoms. The number of fused-ring (bicyclic) bond motifs is 1.